The van der Waals surface area contributed by atoms with Gasteiger partial charge in [0.15, 0.2) is 12.3 Å². The lowest BCUT2D eigenvalue weighted by molar-refractivity contribution is 0.0452. The minimum atomic E-state index is -0.657. The summed E-state index contributed by atoms with van der Waals surface area (Å²) < 4.78 is 11.7. The molecule has 4 aromatic rings. The molecule has 0 aliphatic carbocycles. The molecule has 4 rings (SSSR count). The molecule has 3 heterocycles. The van der Waals surface area contributed by atoms with Crippen molar-refractivity contribution >= 4 is 28.1 Å². The molecular weight excluding hydrogens is 368 g/mol. The van der Waals surface area contributed by atoms with Gasteiger partial charge >= 0.3 is 5.97 Å². The molecule has 0 amide bonds. The van der Waals surface area contributed by atoms with Crippen molar-refractivity contribution in [2.45, 2.75) is 20.1 Å². The van der Waals surface area contributed by atoms with E-state index in [1.54, 1.807) is 31.2 Å². The largest absolute Gasteiger partial charge is 0.453 e. The Morgan fingerprint density at radius 1 is 1.26 bits per heavy atom. The second-order valence-electron chi connectivity index (χ2n) is 5.62. The summed E-state index contributed by atoms with van der Waals surface area (Å²) in [6.45, 7) is 1.97. The number of benzene rings is 1. The molecule has 9 heteroatoms. The topological polar surface area (TPSA) is 100 Å². The number of thiophene rings is 1. The summed E-state index contributed by atoms with van der Waals surface area (Å²) in [6, 6.07) is 8.67. The first kappa shape index (κ1) is 17.1. The number of carbonyl (C=O) groups excluding carboxylic acids is 1. The number of hydrogen-bond acceptors (Lipinski definition) is 8. The lowest BCUT2D eigenvalue weighted by Crippen LogP contribution is -2.25. The van der Waals surface area contributed by atoms with Gasteiger partial charge in [-0.05, 0) is 24.4 Å². The summed E-state index contributed by atoms with van der Waals surface area (Å²) >= 11 is 1.52. The maximum absolute atomic E-state index is 12.6. The van der Waals surface area contributed by atoms with Crippen LogP contribution >= 0.6 is 11.3 Å². The third kappa shape index (κ3) is 3.24. The average molecular weight is 382 g/mol. The normalized spacial score (nSPS) is 11.0. The van der Waals surface area contributed by atoms with Crippen molar-refractivity contribution in [3.8, 4) is 11.5 Å². The van der Waals surface area contributed by atoms with Gasteiger partial charge in [0.1, 0.15) is 0 Å². The summed E-state index contributed by atoms with van der Waals surface area (Å²) in [5, 5.41) is 12.6. The Morgan fingerprint density at radius 3 is 2.81 bits per heavy atom. The number of rotatable bonds is 5. The molecule has 0 atom stereocenters. The molecule has 0 saturated heterocycles. The zero-order valence-corrected chi connectivity index (χ0v) is 15.1. The zero-order valence-electron chi connectivity index (χ0n) is 14.3. The number of hydrogen-bond donors (Lipinski definition) is 0. The van der Waals surface area contributed by atoms with E-state index in [9.17, 15) is 9.59 Å². The molecule has 27 heavy (non-hydrogen) atoms. The maximum atomic E-state index is 12.6. The Labute approximate surface area is 157 Å². The lowest BCUT2D eigenvalue weighted by atomic mass is 10.1. The third-order valence-electron chi connectivity index (χ3n) is 3.93. The van der Waals surface area contributed by atoms with Crippen LogP contribution in [0, 0.1) is 0 Å². The Hall–Kier alpha value is -3.33. The van der Waals surface area contributed by atoms with Crippen LogP contribution in [0.15, 0.2) is 50.4 Å². The van der Waals surface area contributed by atoms with Crippen molar-refractivity contribution in [2.75, 3.05) is 0 Å². The monoisotopic (exact) mass is 382 g/mol. The fourth-order valence-corrected chi connectivity index (χ4v) is 3.24. The van der Waals surface area contributed by atoms with E-state index in [0.29, 0.717) is 23.2 Å². The summed E-state index contributed by atoms with van der Waals surface area (Å²) in [5.41, 5.74) is 0.643. The Morgan fingerprint density at radius 2 is 2.07 bits per heavy atom. The van der Waals surface area contributed by atoms with E-state index in [2.05, 4.69) is 15.2 Å². The zero-order chi connectivity index (χ0) is 18.8. The van der Waals surface area contributed by atoms with Crippen molar-refractivity contribution in [3.63, 3.8) is 0 Å². The molecule has 0 fully saturated rings. The number of ether oxygens (including phenoxy) is 1. The van der Waals surface area contributed by atoms with Gasteiger partial charge in [0.25, 0.3) is 11.4 Å². The standard InChI is InChI=1S/C18H14N4O4S/c1-2-22-17(23)13-6-4-3-5-12(13)15(20-22)18(24)25-9-14-19-16(26-21-14)11-7-8-27-10-11/h3-8,10H,2,9H2,1H3. The molecule has 0 unspecified atom stereocenters. The van der Waals surface area contributed by atoms with Gasteiger partial charge in [-0.1, -0.05) is 23.4 Å². The molecule has 0 radical (unpaired) electrons. The van der Waals surface area contributed by atoms with E-state index < -0.39 is 5.97 Å². The predicted octanol–water partition coefficient (Wildman–Crippen LogP) is 2.88. The molecule has 0 saturated carbocycles. The van der Waals surface area contributed by atoms with Crippen molar-refractivity contribution in [3.05, 3.63) is 63.0 Å². The molecular formula is C18H14N4O4S. The van der Waals surface area contributed by atoms with Crippen LogP contribution in [-0.2, 0) is 17.9 Å². The molecule has 8 nitrogen and oxygen atoms in total. The number of carbonyl (C=O) groups is 1. The van der Waals surface area contributed by atoms with E-state index in [1.807, 2.05) is 16.8 Å². The summed E-state index contributed by atoms with van der Waals surface area (Å²) in [7, 11) is 0. The summed E-state index contributed by atoms with van der Waals surface area (Å²) in [4.78, 5) is 29.1. The van der Waals surface area contributed by atoms with Crippen LogP contribution in [0.2, 0.25) is 0 Å². The Kier molecular flexibility index (Phi) is 4.51. The highest BCUT2D eigenvalue weighted by molar-refractivity contribution is 7.08. The second kappa shape index (κ2) is 7.12. The molecule has 0 N–H and O–H groups in total. The van der Waals surface area contributed by atoms with Crippen LogP contribution in [0.1, 0.15) is 23.2 Å². The molecule has 0 bridgehead atoms. The first-order valence-corrected chi connectivity index (χ1v) is 9.13. The van der Waals surface area contributed by atoms with Crippen LogP contribution in [0.25, 0.3) is 22.2 Å². The van der Waals surface area contributed by atoms with Gasteiger partial charge < -0.3 is 9.26 Å². The first-order valence-electron chi connectivity index (χ1n) is 8.19. The fraction of sp³-hybridized carbons (Fsp3) is 0.167. The quantitative estimate of drug-likeness (QED) is 0.489. The van der Waals surface area contributed by atoms with Crippen molar-refractivity contribution < 1.29 is 14.1 Å². The SMILES string of the molecule is CCn1nc(C(=O)OCc2noc(-c3ccsc3)n2)c2ccccc2c1=O. The smallest absolute Gasteiger partial charge is 0.359 e. The number of aryl methyl sites for hydroxylation is 1. The summed E-state index contributed by atoms with van der Waals surface area (Å²) in [6.07, 6.45) is 0. The van der Waals surface area contributed by atoms with E-state index in [-0.39, 0.29) is 23.7 Å². The highest BCUT2D eigenvalue weighted by Crippen LogP contribution is 2.20. The average Bonchev–Trinajstić information content (AvgIpc) is 3.38. The van der Waals surface area contributed by atoms with Gasteiger partial charge in [-0.2, -0.15) is 21.4 Å². The third-order valence-corrected chi connectivity index (χ3v) is 4.61. The van der Waals surface area contributed by atoms with Crippen LogP contribution in [0.5, 0.6) is 0 Å². The number of fused-ring (bicyclic) bond motifs is 1. The Bertz CT molecular complexity index is 1160. The highest BCUT2D eigenvalue weighted by atomic mass is 32.1. The van der Waals surface area contributed by atoms with Crippen LogP contribution in [0.3, 0.4) is 0 Å². The molecule has 0 spiro atoms. The predicted molar refractivity (Wildman–Crippen MR) is 98.4 cm³/mol. The van der Waals surface area contributed by atoms with Gasteiger partial charge in [-0.25, -0.2) is 9.48 Å². The van der Waals surface area contributed by atoms with Gasteiger partial charge in [0.05, 0.1) is 10.9 Å². The number of esters is 1. The van der Waals surface area contributed by atoms with E-state index >= 15 is 0 Å². The maximum Gasteiger partial charge on any atom is 0.359 e. The van der Waals surface area contributed by atoms with E-state index in [1.165, 1.54) is 16.0 Å². The van der Waals surface area contributed by atoms with Crippen LogP contribution in [-0.4, -0.2) is 25.9 Å². The molecule has 0 aliphatic heterocycles. The molecule has 3 aromatic heterocycles. The van der Waals surface area contributed by atoms with E-state index in [0.717, 1.165) is 5.56 Å². The molecule has 136 valence electrons. The van der Waals surface area contributed by atoms with Crippen molar-refractivity contribution in [1.82, 2.24) is 19.9 Å². The summed E-state index contributed by atoms with van der Waals surface area (Å²) in [5.74, 6) is -0.0432. The first-order chi connectivity index (χ1) is 13.2. The molecule has 0 aliphatic rings. The van der Waals surface area contributed by atoms with Gasteiger partial charge in [-0.3, -0.25) is 4.79 Å². The van der Waals surface area contributed by atoms with Gasteiger partial charge in [-0.15, -0.1) is 0 Å². The number of aromatic nitrogens is 4. The minimum absolute atomic E-state index is 0.0774. The number of nitrogens with zero attached hydrogens (tertiary/aromatic N) is 4. The highest BCUT2D eigenvalue weighted by Gasteiger charge is 2.19. The van der Waals surface area contributed by atoms with Crippen LogP contribution in [0.4, 0.5) is 0 Å². The van der Waals surface area contributed by atoms with Crippen molar-refractivity contribution in [1.29, 1.82) is 0 Å². The van der Waals surface area contributed by atoms with E-state index in [4.69, 9.17) is 9.26 Å². The molecule has 1 aromatic carbocycles. The second-order valence-corrected chi connectivity index (χ2v) is 6.40. The Balaban J connectivity index is 1.59. The van der Waals surface area contributed by atoms with Crippen molar-refractivity contribution in [2.24, 2.45) is 0 Å². The van der Waals surface area contributed by atoms with Crippen LogP contribution < -0.4 is 5.56 Å². The van der Waals surface area contributed by atoms with Gasteiger partial charge in [0, 0.05) is 17.3 Å². The van der Waals surface area contributed by atoms with Gasteiger partial charge in [0.2, 0.25) is 5.82 Å². The fourth-order valence-electron chi connectivity index (χ4n) is 2.61. The lowest BCUT2D eigenvalue weighted by Gasteiger charge is -2.08. The minimum Gasteiger partial charge on any atom is -0.453 e.